The van der Waals surface area contributed by atoms with Crippen molar-refractivity contribution in [1.29, 1.82) is 0 Å². The highest BCUT2D eigenvalue weighted by atomic mass is 16.5. The van der Waals surface area contributed by atoms with Crippen LogP contribution in [-0.2, 0) is 14.3 Å². The minimum atomic E-state index is -1.04. The lowest BCUT2D eigenvalue weighted by Crippen LogP contribution is -2.22. The second-order valence-corrected chi connectivity index (χ2v) is 3.11. The fourth-order valence-corrected chi connectivity index (χ4v) is 1.21. The number of hydrogen-bond donors (Lipinski definition) is 1. The summed E-state index contributed by atoms with van der Waals surface area (Å²) in [5.41, 5.74) is 5.80. The topological polar surface area (TPSA) is 91.8 Å². The number of hydrogen-bond acceptors (Lipinski definition) is 6. The molecule has 0 spiro atoms. The Bertz CT molecular complexity index is 409. The minimum absolute atomic E-state index is 0.171. The molecule has 0 radical (unpaired) electrons. The van der Waals surface area contributed by atoms with E-state index in [1.165, 1.54) is 20.3 Å². The van der Waals surface area contributed by atoms with Crippen LogP contribution < -0.4 is 5.73 Å². The summed E-state index contributed by atoms with van der Waals surface area (Å²) in [5.74, 6) is -0.652. The van der Waals surface area contributed by atoms with E-state index >= 15 is 0 Å². The van der Waals surface area contributed by atoms with Gasteiger partial charge < -0.3 is 19.6 Å². The molecule has 1 aromatic heterocycles. The highest BCUT2D eigenvalue weighted by Crippen LogP contribution is 2.20. The first-order valence-electron chi connectivity index (χ1n) is 4.53. The molecule has 2 N–H and O–H groups in total. The SMILES string of the molecule is COC(=O)c1cc(C(N)C(=O)OC)oc1C. The average molecular weight is 227 g/mol. The molecule has 6 heteroatoms. The molecular formula is C10H13NO5. The Kier molecular flexibility index (Phi) is 3.68. The van der Waals surface area contributed by atoms with Gasteiger partial charge in [-0.2, -0.15) is 0 Å². The van der Waals surface area contributed by atoms with Crippen molar-refractivity contribution in [2.75, 3.05) is 14.2 Å². The van der Waals surface area contributed by atoms with Crippen LogP contribution in [0.4, 0.5) is 0 Å². The van der Waals surface area contributed by atoms with Gasteiger partial charge in [-0.3, -0.25) is 0 Å². The van der Waals surface area contributed by atoms with Crippen LogP contribution in [0, 0.1) is 6.92 Å². The van der Waals surface area contributed by atoms with E-state index in [0.717, 1.165) is 0 Å². The van der Waals surface area contributed by atoms with Crippen molar-refractivity contribution in [2.24, 2.45) is 5.73 Å². The van der Waals surface area contributed by atoms with Crippen molar-refractivity contribution in [3.63, 3.8) is 0 Å². The molecule has 1 atom stereocenters. The first kappa shape index (κ1) is 12.3. The van der Waals surface area contributed by atoms with Gasteiger partial charge in [0.2, 0.25) is 0 Å². The predicted octanol–water partition coefficient (Wildman–Crippen LogP) is 0.547. The Balaban J connectivity index is 3.01. The van der Waals surface area contributed by atoms with Gasteiger partial charge in [-0.05, 0) is 13.0 Å². The predicted molar refractivity (Wildman–Crippen MR) is 53.7 cm³/mol. The number of carbonyl (C=O) groups excluding carboxylic acids is 2. The standard InChI is InChI=1S/C10H13NO5/c1-5-6(9(12)14-2)4-7(16-5)8(11)10(13)15-3/h4,8H,11H2,1-3H3. The van der Waals surface area contributed by atoms with Crippen LogP contribution in [-0.4, -0.2) is 26.2 Å². The maximum atomic E-state index is 11.3. The van der Waals surface area contributed by atoms with E-state index in [-0.39, 0.29) is 11.3 Å². The molecule has 0 saturated carbocycles. The van der Waals surface area contributed by atoms with E-state index in [1.54, 1.807) is 6.92 Å². The van der Waals surface area contributed by atoms with E-state index in [0.29, 0.717) is 5.76 Å². The summed E-state index contributed by atoms with van der Waals surface area (Å²) in [6.07, 6.45) is 0. The zero-order chi connectivity index (χ0) is 12.3. The highest BCUT2D eigenvalue weighted by molar-refractivity contribution is 5.91. The van der Waals surface area contributed by atoms with Crippen LogP contribution >= 0.6 is 0 Å². The molecule has 1 aromatic rings. The number of aryl methyl sites for hydroxylation is 1. The third kappa shape index (κ3) is 2.22. The minimum Gasteiger partial charge on any atom is -0.468 e. The summed E-state index contributed by atoms with van der Waals surface area (Å²) in [5, 5.41) is 0. The molecule has 0 saturated heterocycles. The molecule has 0 fully saturated rings. The summed E-state index contributed by atoms with van der Waals surface area (Å²) >= 11 is 0. The number of methoxy groups -OCH3 is 2. The Morgan fingerprint density at radius 3 is 2.50 bits per heavy atom. The van der Waals surface area contributed by atoms with E-state index < -0.39 is 18.0 Å². The van der Waals surface area contributed by atoms with E-state index in [1.807, 2.05) is 0 Å². The number of furan rings is 1. The maximum Gasteiger partial charge on any atom is 0.341 e. The van der Waals surface area contributed by atoms with Gasteiger partial charge in [-0.15, -0.1) is 0 Å². The summed E-state index contributed by atoms with van der Waals surface area (Å²) in [7, 11) is 2.48. The summed E-state index contributed by atoms with van der Waals surface area (Å²) in [6.45, 7) is 1.58. The zero-order valence-corrected chi connectivity index (χ0v) is 9.27. The van der Waals surface area contributed by atoms with Crippen molar-refractivity contribution in [3.05, 3.63) is 23.2 Å². The monoisotopic (exact) mass is 227 g/mol. The van der Waals surface area contributed by atoms with Crippen LogP contribution in [0.25, 0.3) is 0 Å². The van der Waals surface area contributed by atoms with E-state index in [9.17, 15) is 9.59 Å². The first-order chi connectivity index (χ1) is 7.51. The lowest BCUT2D eigenvalue weighted by molar-refractivity contribution is -0.142. The zero-order valence-electron chi connectivity index (χ0n) is 9.27. The second-order valence-electron chi connectivity index (χ2n) is 3.11. The molecule has 1 rings (SSSR count). The van der Waals surface area contributed by atoms with Crippen LogP contribution in [0.15, 0.2) is 10.5 Å². The number of carbonyl (C=O) groups is 2. The Labute approximate surface area is 92.3 Å². The lowest BCUT2D eigenvalue weighted by atomic mass is 10.2. The third-order valence-electron chi connectivity index (χ3n) is 2.10. The normalized spacial score (nSPS) is 12.0. The Hall–Kier alpha value is -1.82. The second kappa shape index (κ2) is 4.80. The summed E-state index contributed by atoms with van der Waals surface area (Å²) in [6, 6.07) is 0.338. The molecule has 0 aliphatic rings. The summed E-state index contributed by atoms with van der Waals surface area (Å²) in [4.78, 5) is 22.4. The van der Waals surface area contributed by atoms with Gasteiger partial charge in [0.1, 0.15) is 17.1 Å². The Morgan fingerprint density at radius 1 is 1.38 bits per heavy atom. The van der Waals surface area contributed by atoms with Crippen molar-refractivity contribution >= 4 is 11.9 Å². The van der Waals surface area contributed by atoms with Crippen LogP contribution in [0.3, 0.4) is 0 Å². The Morgan fingerprint density at radius 2 is 2.00 bits per heavy atom. The van der Waals surface area contributed by atoms with Gasteiger partial charge in [-0.1, -0.05) is 0 Å². The molecule has 0 aromatic carbocycles. The number of ether oxygens (including phenoxy) is 2. The van der Waals surface area contributed by atoms with Crippen molar-refractivity contribution in [2.45, 2.75) is 13.0 Å². The van der Waals surface area contributed by atoms with Crippen molar-refractivity contribution < 1.29 is 23.5 Å². The van der Waals surface area contributed by atoms with Crippen molar-refractivity contribution in [1.82, 2.24) is 0 Å². The fraction of sp³-hybridized carbons (Fsp3) is 0.400. The van der Waals surface area contributed by atoms with Gasteiger partial charge in [0.25, 0.3) is 0 Å². The smallest absolute Gasteiger partial charge is 0.341 e. The molecule has 0 aliphatic carbocycles. The van der Waals surface area contributed by atoms with Crippen LogP contribution in [0.2, 0.25) is 0 Å². The summed E-state index contributed by atoms with van der Waals surface area (Å²) < 4.78 is 14.2. The quantitative estimate of drug-likeness (QED) is 0.758. The van der Waals surface area contributed by atoms with Crippen LogP contribution in [0.1, 0.15) is 27.9 Å². The lowest BCUT2D eigenvalue weighted by Gasteiger charge is -2.04. The molecule has 16 heavy (non-hydrogen) atoms. The van der Waals surface area contributed by atoms with Crippen molar-refractivity contribution in [3.8, 4) is 0 Å². The highest BCUT2D eigenvalue weighted by Gasteiger charge is 2.24. The van der Waals surface area contributed by atoms with Gasteiger partial charge in [0, 0.05) is 0 Å². The third-order valence-corrected chi connectivity index (χ3v) is 2.10. The largest absolute Gasteiger partial charge is 0.468 e. The average Bonchev–Trinajstić information content (AvgIpc) is 2.68. The molecule has 1 unspecified atom stereocenters. The van der Waals surface area contributed by atoms with Gasteiger partial charge in [0.15, 0.2) is 6.04 Å². The van der Waals surface area contributed by atoms with Gasteiger partial charge >= 0.3 is 11.9 Å². The maximum absolute atomic E-state index is 11.3. The molecule has 0 aliphatic heterocycles. The molecule has 88 valence electrons. The fourth-order valence-electron chi connectivity index (χ4n) is 1.21. The van der Waals surface area contributed by atoms with Gasteiger partial charge in [0.05, 0.1) is 14.2 Å². The van der Waals surface area contributed by atoms with E-state index in [2.05, 4.69) is 9.47 Å². The van der Waals surface area contributed by atoms with Gasteiger partial charge in [-0.25, -0.2) is 9.59 Å². The number of rotatable bonds is 3. The first-order valence-corrected chi connectivity index (χ1v) is 4.53. The molecule has 0 amide bonds. The van der Waals surface area contributed by atoms with E-state index in [4.69, 9.17) is 10.2 Å². The molecular weight excluding hydrogens is 214 g/mol. The van der Waals surface area contributed by atoms with Crippen LogP contribution in [0.5, 0.6) is 0 Å². The number of esters is 2. The molecule has 6 nitrogen and oxygen atoms in total. The number of nitrogens with two attached hydrogens (primary N) is 1. The molecule has 0 bridgehead atoms. The molecule has 1 heterocycles.